The highest BCUT2D eigenvalue weighted by atomic mass is 32.2. The zero-order valence-corrected chi connectivity index (χ0v) is 34.5. The van der Waals surface area contributed by atoms with Crippen LogP contribution in [0, 0.1) is 6.92 Å². The number of amides is 2. The van der Waals surface area contributed by atoms with Crippen molar-refractivity contribution in [2.24, 2.45) is 0 Å². The summed E-state index contributed by atoms with van der Waals surface area (Å²) < 4.78 is 95.2. The van der Waals surface area contributed by atoms with E-state index in [9.17, 15) is 48.7 Å². The van der Waals surface area contributed by atoms with Crippen molar-refractivity contribution in [2.75, 3.05) is 23.7 Å². The largest absolute Gasteiger partial charge is 0.344 e. The van der Waals surface area contributed by atoms with Crippen molar-refractivity contribution in [3.05, 3.63) is 89.2 Å². The highest BCUT2D eigenvalue weighted by Gasteiger charge is 2.41. The molecule has 2 aliphatic rings. The van der Waals surface area contributed by atoms with Gasteiger partial charge < -0.3 is 9.74 Å². The predicted molar refractivity (Wildman–Crippen MR) is 209 cm³/mol. The van der Waals surface area contributed by atoms with Crippen molar-refractivity contribution in [2.45, 2.75) is 100 Å². The predicted octanol–water partition coefficient (Wildman–Crippen LogP) is 5.04. The van der Waals surface area contributed by atoms with Gasteiger partial charge in [0.15, 0.2) is 0 Å². The lowest BCUT2D eigenvalue weighted by molar-refractivity contribution is -0.197. The van der Waals surface area contributed by atoms with E-state index in [2.05, 4.69) is 11.3 Å². The lowest BCUT2D eigenvalue weighted by Crippen LogP contribution is -2.31. The van der Waals surface area contributed by atoms with E-state index in [-0.39, 0.29) is 48.6 Å². The third-order valence-electron chi connectivity index (χ3n) is 10.0. The molecule has 0 aromatic heterocycles. The number of benzene rings is 2. The minimum absolute atomic E-state index is 0.00305. The van der Waals surface area contributed by atoms with Gasteiger partial charge in [0, 0.05) is 54.6 Å². The van der Waals surface area contributed by atoms with Gasteiger partial charge in [-0.05, 0) is 84.9 Å². The Morgan fingerprint density at radius 3 is 2.21 bits per heavy atom. The number of carbonyl (C=O) groups excluding carboxylic acids is 3. The van der Waals surface area contributed by atoms with Crippen LogP contribution in [0.3, 0.4) is 0 Å². The molecule has 2 amide bonds. The van der Waals surface area contributed by atoms with E-state index in [0.717, 1.165) is 5.56 Å². The van der Waals surface area contributed by atoms with Gasteiger partial charge in [0.25, 0.3) is 32.1 Å². The van der Waals surface area contributed by atoms with Crippen molar-refractivity contribution in [1.29, 1.82) is 0 Å². The molecular formula is C38H49N3O12S3. The van der Waals surface area contributed by atoms with Crippen LogP contribution in [0.15, 0.2) is 82.3 Å². The van der Waals surface area contributed by atoms with Crippen LogP contribution in [-0.2, 0) is 60.3 Å². The summed E-state index contributed by atoms with van der Waals surface area (Å²) in [6, 6.07) is 9.03. The first-order valence-electron chi connectivity index (χ1n) is 18.0. The summed E-state index contributed by atoms with van der Waals surface area (Å²) in [6.07, 6.45) is 6.59. The fourth-order valence-corrected chi connectivity index (χ4v) is 8.81. The number of fused-ring (bicyclic) bond motifs is 1. The minimum atomic E-state index is -4.44. The Labute approximate surface area is 329 Å². The standard InChI is InChI=1S/C38H49N3O12S3/c1-26-15-16-29(56(50,51)52)25-30(26)37(3,4)27(2)12-10-13-33-38(5,6)31-24-28(17-18-32(31)40(33)22-11-23-54(45,46)47)55(48,49)39-21-9-7-8-14-36(44)53-41-34(42)19-20-35(41)43/h10,12-13,15-18,24-25,39H,2,7-9,11,14,19-23H2,1,3-6H3,(H,45,46,47)(H,50,51,52). The van der Waals surface area contributed by atoms with Gasteiger partial charge in [0.1, 0.15) is 0 Å². The molecule has 2 aromatic rings. The highest BCUT2D eigenvalue weighted by molar-refractivity contribution is 7.89. The van der Waals surface area contributed by atoms with Crippen LogP contribution in [-0.4, -0.2) is 76.0 Å². The molecule has 0 unspecified atom stereocenters. The van der Waals surface area contributed by atoms with Crippen molar-refractivity contribution >= 4 is 53.7 Å². The number of aryl methyl sites for hydroxylation is 1. The second-order valence-electron chi connectivity index (χ2n) is 14.9. The quantitative estimate of drug-likeness (QED) is 0.0777. The Balaban J connectivity index is 1.50. The average Bonchev–Trinajstić information content (AvgIpc) is 3.51. The van der Waals surface area contributed by atoms with E-state index in [1.165, 1.54) is 18.2 Å². The lowest BCUT2D eigenvalue weighted by atomic mass is 9.76. The van der Waals surface area contributed by atoms with Crippen molar-refractivity contribution < 1.29 is 53.6 Å². The molecule has 4 rings (SSSR count). The van der Waals surface area contributed by atoms with Gasteiger partial charge in [-0.1, -0.05) is 58.9 Å². The SMILES string of the molecule is C=C(C=CC=C1N(CCCS(=O)(=O)O)c2ccc(S(=O)(=O)NCCCCCC(=O)ON3C(=O)CCC3=O)cc2C1(C)C)C(C)(C)c1cc(S(=O)(=O)O)ccc1C. The Hall–Kier alpha value is -4.20. The molecule has 2 heterocycles. The van der Waals surface area contributed by atoms with Gasteiger partial charge >= 0.3 is 5.97 Å². The van der Waals surface area contributed by atoms with Crippen molar-refractivity contribution in [1.82, 2.24) is 9.79 Å². The maximum atomic E-state index is 13.4. The maximum absolute atomic E-state index is 13.4. The summed E-state index contributed by atoms with van der Waals surface area (Å²) in [4.78, 5) is 41.8. The normalized spacial score (nSPS) is 16.9. The number of unbranched alkanes of at least 4 members (excludes halogenated alkanes) is 2. The molecule has 0 saturated carbocycles. The molecule has 306 valence electrons. The van der Waals surface area contributed by atoms with Crippen LogP contribution in [0.5, 0.6) is 0 Å². The number of anilines is 1. The second-order valence-corrected chi connectivity index (χ2v) is 19.6. The number of rotatable bonds is 18. The average molecular weight is 836 g/mol. The number of carbonyl (C=O) groups is 3. The Morgan fingerprint density at radius 1 is 0.946 bits per heavy atom. The molecular weight excluding hydrogens is 787 g/mol. The molecule has 2 aliphatic heterocycles. The monoisotopic (exact) mass is 835 g/mol. The summed E-state index contributed by atoms with van der Waals surface area (Å²) in [6.45, 7) is 13.9. The first-order chi connectivity index (χ1) is 25.9. The van der Waals surface area contributed by atoms with Crippen molar-refractivity contribution in [3.8, 4) is 0 Å². The number of nitrogens with one attached hydrogen (secondary N) is 1. The van der Waals surface area contributed by atoms with Crippen LogP contribution >= 0.6 is 0 Å². The Morgan fingerprint density at radius 2 is 1.59 bits per heavy atom. The van der Waals surface area contributed by atoms with Gasteiger partial charge in [-0.2, -0.15) is 16.8 Å². The molecule has 15 nitrogen and oxygen atoms in total. The van der Waals surface area contributed by atoms with E-state index in [0.29, 0.717) is 52.4 Å². The summed E-state index contributed by atoms with van der Waals surface area (Å²) in [5.41, 5.74) is 2.55. The summed E-state index contributed by atoms with van der Waals surface area (Å²) >= 11 is 0. The minimum Gasteiger partial charge on any atom is -0.344 e. The molecule has 0 bridgehead atoms. The van der Waals surface area contributed by atoms with Crippen LogP contribution in [0.2, 0.25) is 0 Å². The van der Waals surface area contributed by atoms with Crippen LogP contribution in [0.1, 0.15) is 89.3 Å². The van der Waals surface area contributed by atoms with Gasteiger partial charge in [-0.15, -0.1) is 5.06 Å². The molecule has 0 aliphatic carbocycles. The smallest absolute Gasteiger partial charge is 0.333 e. The van der Waals surface area contributed by atoms with Gasteiger partial charge in [-0.3, -0.25) is 18.7 Å². The van der Waals surface area contributed by atoms with Gasteiger partial charge in [-0.25, -0.2) is 17.9 Å². The van der Waals surface area contributed by atoms with E-state index < -0.39 is 64.6 Å². The zero-order valence-electron chi connectivity index (χ0n) is 32.1. The molecule has 0 radical (unpaired) electrons. The first-order valence-corrected chi connectivity index (χ1v) is 22.5. The second kappa shape index (κ2) is 17.1. The lowest BCUT2D eigenvalue weighted by Gasteiger charge is -2.29. The summed E-state index contributed by atoms with van der Waals surface area (Å²) in [5, 5.41) is 0.488. The fourth-order valence-electron chi connectivity index (χ4n) is 6.71. The Kier molecular flexibility index (Phi) is 13.6. The third-order valence-corrected chi connectivity index (χ3v) is 13.2. The number of sulfonamides is 1. The summed E-state index contributed by atoms with van der Waals surface area (Å²) in [7, 11) is -12.7. The van der Waals surface area contributed by atoms with E-state index in [4.69, 9.17) is 4.84 Å². The molecule has 0 atom stereocenters. The molecule has 18 heteroatoms. The van der Waals surface area contributed by atoms with Crippen LogP contribution < -0.4 is 9.62 Å². The van der Waals surface area contributed by atoms with Crippen LogP contribution in [0.25, 0.3) is 0 Å². The number of hydroxylamine groups is 2. The number of imide groups is 1. The highest BCUT2D eigenvalue weighted by Crippen LogP contribution is 2.48. The Bertz CT molecular complexity index is 2280. The van der Waals surface area contributed by atoms with Crippen molar-refractivity contribution in [3.63, 3.8) is 0 Å². The van der Waals surface area contributed by atoms with Gasteiger partial charge in [0.2, 0.25) is 10.0 Å². The number of hydrogen-bond acceptors (Lipinski definition) is 11. The molecule has 56 heavy (non-hydrogen) atoms. The fraction of sp³-hybridized carbons (Fsp3) is 0.447. The maximum Gasteiger partial charge on any atom is 0.333 e. The number of allylic oxidation sites excluding steroid dienone is 5. The van der Waals surface area contributed by atoms with E-state index in [1.807, 2.05) is 45.6 Å². The molecule has 0 spiro atoms. The topological polar surface area (TPSA) is 222 Å². The van der Waals surface area contributed by atoms with Gasteiger partial charge in [0.05, 0.1) is 15.5 Å². The van der Waals surface area contributed by atoms with E-state index in [1.54, 1.807) is 30.4 Å². The third kappa shape index (κ3) is 10.6. The molecule has 1 fully saturated rings. The zero-order chi connectivity index (χ0) is 41.9. The number of hydrogen-bond donors (Lipinski definition) is 3. The molecule has 2 aromatic carbocycles. The van der Waals surface area contributed by atoms with E-state index >= 15 is 0 Å². The summed E-state index contributed by atoms with van der Waals surface area (Å²) in [5.74, 6) is -2.34. The van der Waals surface area contributed by atoms with Crippen LogP contribution in [0.4, 0.5) is 5.69 Å². The molecule has 3 N–H and O–H groups in total. The number of nitrogens with zero attached hydrogens (tertiary/aromatic N) is 2. The molecule has 1 saturated heterocycles. The first kappa shape index (κ1) is 44.5.